The normalized spacial score (nSPS) is 13.4. The van der Waals surface area contributed by atoms with Crippen molar-refractivity contribution in [2.75, 3.05) is 7.11 Å². The number of methoxy groups -OCH3 is 1. The van der Waals surface area contributed by atoms with Gasteiger partial charge in [-0.3, -0.25) is 4.79 Å². The zero-order chi connectivity index (χ0) is 11.7. The zero-order valence-corrected chi connectivity index (χ0v) is 8.74. The van der Waals surface area contributed by atoms with E-state index in [2.05, 4.69) is 16.6 Å². The first-order valence-electron chi connectivity index (χ1n) is 4.66. The molecule has 1 aromatic carbocycles. The van der Waals surface area contributed by atoms with Gasteiger partial charge in [-0.05, 0) is 12.1 Å². The molecule has 0 spiro atoms. The second-order valence-electron chi connectivity index (χ2n) is 3.36. The number of ether oxygens (including phenoxy) is 1. The highest BCUT2D eigenvalue weighted by Gasteiger charge is 2.29. The van der Waals surface area contributed by atoms with Crippen molar-refractivity contribution in [1.82, 2.24) is 0 Å². The van der Waals surface area contributed by atoms with E-state index in [1.165, 1.54) is 23.9 Å². The molecule has 0 radical (unpaired) electrons. The van der Waals surface area contributed by atoms with Crippen LogP contribution in [0.2, 0.25) is 0 Å². The summed E-state index contributed by atoms with van der Waals surface area (Å²) >= 11 is 0. The lowest BCUT2D eigenvalue weighted by atomic mass is 10.1. The molecule has 0 fully saturated rings. The lowest BCUT2D eigenvalue weighted by Gasteiger charge is -1.97. The maximum absolute atomic E-state index is 13.0. The minimum Gasteiger partial charge on any atom is -0.469 e. The van der Waals surface area contributed by atoms with Crippen LogP contribution in [0.25, 0.3) is 0 Å². The van der Waals surface area contributed by atoms with Crippen LogP contribution in [-0.2, 0) is 9.53 Å². The van der Waals surface area contributed by atoms with E-state index in [1.807, 2.05) is 0 Å². The van der Waals surface area contributed by atoms with Crippen LogP contribution in [-0.4, -0.2) is 30.2 Å². The maximum atomic E-state index is 13.0. The Morgan fingerprint density at radius 1 is 1.62 bits per heavy atom. The minimum absolute atomic E-state index is 0.0567. The van der Waals surface area contributed by atoms with Gasteiger partial charge in [0.2, 0.25) is 5.69 Å². The fourth-order valence-electron chi connectivity index (χ4n) is 1.56. The molecular weight excluding hydrogens is 211 g/mol. The van der Waals surface area contributed by atoms with E-state index < -0.39 is 0 Å². The Balaban J connectivity index is 2.36. The van der Waals surface area contributed by atoms with Gasteiger partial charge in [0.05, 0.1) is 19.1 Å². The van der Waals surface area contributed by atoms with Gasteiger partial charge in [-0.1, -0.05) is 4.68 Å². The molecule has 0 saturated heterocycles. The average Bonchev–Trinajstić information content (AvgIpc) is 2.55. The summed E-state index contributed by atoms with van der Waals surface area (Å²) in [5.74, 6) is -0.744. The number of carbonyl (C=O) groups is 1. The summed E-state index contributed by atoms with van der Waals surface area (Å²) in [5, 5.41) is 4.06. The molecule has 1 heterocycles. The van der Waals surface area contributed by atoms with E-state index in [0.717, 1.165) is 0 Å². The van der Waals surface area contributed by atoms with Crippen LogP contribution in [0.1, 0.15) is 12.0 Å². The van der Waals surface area contributed by atoms with Crippen molar-refractivity contribution in [2.24, 2.45) is 5.10 Å². The number of carbonyl (C=O) groups excluding carboxylic acids is 1. The fraction of sp³-hybridized carbons (Fsp3) is 0.182. The highest BCUT2D eigenvalue weighted by molar-refractivity contribution is 6.12. The first kappa shape index (κ1) is 10.5. The fourth-order valence-corrected chi connectivity index (χ4v) is 1.56. The largest absolute Gasteiger partial charge is 0.469 e. The van der Waals surface area contributed by atoms with Crippen molar-refractivity contribution < 1.29 is 18.6 Å². The lowest BCUT2D eigenvalue weighted by molar-refractivity contribution is -0.431. The third-order valence-electron chi connectivity index (χ3n) is 2.33. The molecule has 5 heteroatoms. The Labute approximate surface area is 91.7 Å². The molecular formula is C11H10FN2O2+. The summed E-state index contributed by atoms with van der Waals surface area (Å²) in [7, 11) is 1.31. The topological polar surface area (TPSA) is 41.7 Å². The van der Waals surface area contributed by atoms with Crippen molar-refractivity contribution in [3.8, 4) is 0 Å². The molecule has 16 heavy (non-hydrogen) atoms. The molecule has 0 bridgehead atoms. The molecule has 82 valence electrons. The van der Waals surface area contributed by atoms with E-state index in [-0.39, 0.29) is 18.2 Å². The number of hydrazone groups is 1. The number of benzene rings is 1. The van der Waals surface area contributed by atoms with Crippen molar-refractivity contribution >= 4 is 24.1 Å². The summed E-state index contributed by atoms with van der Waals surface area (Å²) in [4.78, 5) is 11.1. The highest BCUT2D eigenvalue weighted by Crippen LogP contribution is 2.27. The zero-order valence-electron chi connectivity index (χ0n) is 8.74. The molecule has 0 N–H and O–H groups in total. The molecule has 0 amide bonds. The number of nitrogens with zero attached hydrogens (tertiary/aromatic N) is 2. The van der Waals surface area contributed by atoms with Crippen LogP contribution in [0.5, 0.6) is 0 Å². The first-order chi connectivity index (χ1) is 7.61. The van der Waals surface area contributed by atoms with Crippen LogP contribution in [0.4, 0.5) is 10.1 Å². The van der Waals surface area contributed by atoms with E-state index in [1.54, 1.807) is 6.07 Å². The molecule has 0 atom stereocenters. The summed E-state index contributed by atoms with van der Waals surface area (Å²) in [6.07, 6.45) is 0.0567. The Morgan fingerprint density at radius 3 is 3.06 bits per heavy atom. The molecule has 2 rings (SSSR count). The number of esters is 1. The smallest absolute Gasteiger partial charge is 0.311 e. The maximum Gasteiger partial charge on any atom is 0.311 e. The minimum atomic E-state index is -0.385. The summed E-state index contributed by atoms with van der Waals surface area (Å²) in [6, 6.07) is 4.23. The predicted molar refractivity (Wildman–Crippen MR) is 56.6 cm³/mol. The Morgan fingerprint density at radius 2 is 2.38 bits per heavy atom. The second kappa shape index (κ2) is 3.84. The first-order valence-corrected chi connectivity index (χ1v) is 4.66. The molecule has 1 aromatic rings. The third-order valence-corrected chi connectivity index (χ3v) is 2.33. The quantitative estimate of drug-likeness (QED) is 0.560. The van der Waals surface area contributed by atoms with Gasteiger partial charge in [-0.25, -0.2) is 4.39 Å². The van der Waals surface area contributed by atoms with Crippen molar-refractivity contribution in [3.05, 3.63) is 29.6 Å². The predicted octanol–water partition coefficient (Wildman–Crippen LogP) is 1.45. The van der Waals surface area contributed by atoms with Crippen molar-refractivity contribution in [3.63, 3.8) is 0 Å². The van der Waals surface area contributed by atoms with Gasteiger partial charge >= 0.3 is 5.97 Å². The molecule has 0 saturated carbocycles. The number of fused-ring (bicyclic) bond motifs is 1. The van der Waals surface area contributed by atoms with Gasteiger partial charge in [0, 0.05) is 11.2 Å². The number of halogens is 1. The molecule has 0 unspecified atom stereocenters. The van der Waals surface area contributed by atoms with Gasteiger partial charge in [-0.2, -0.15) is 0 Å². The standard InChI is InChI=1S/C11H10FN2O2/c1-14-10-5-7(12)3-4-8(10)9(13-14)6-11(15)16-2/h3-5H,1,6H2,2H3/q+1. The van der Waals surface area contributed by atoms with Crippen molar-refractivity contribution in [2.45, 2.75) is 6.42 Å². The Bertz CT molecular complexity index is 509. The highest BCUT2D eigenvalue weighted by atomic mass is 19.1. The molecule has 1 aliphatic heterocycles. The summed E-state index contributed by atoms with van der Waals surface area (Å²) < 4.78 is 18.8. The third kappa shape index (κ3) is 1.71. The van der Waals surface area contributed by atoms with Crippen LogP contribution in [0.15, 0.2) is 23.3 Å². The van der Waals surface area contributed by atoms with Crippen molar-refractivity contribution in [1.29, 1.82) is 0 Å². The Kier molecular flexibility index (Phi) is 2.52. The van der Waals surface area contributed by atoms with Gasteiger partial charge in [0.1, 0.15) is 11.5 Å². The SMILES string of the molecule is C=[N+]1N=C(CC(=O)OC)c2ccc(F)cc21. The summed E-state index contributed by atoms with van der Waals surface area (Å²) in [5.41, 5.74) is 1.80. The van der Waals surface area contributed by atoms with E-state index >= 15 is 0 Å². The number of rotatable bonds is 2. The second-order valence-corrected chi connectivity index (χ2v) is 3.36. The van der Waals surface area contributed by atoms with E-state index in [4.69, 9.17) is 0 Å². The summed E-state index contributed by atoms with van der Waals surface area (Å²) in [6.45, 7) is 3.63. The van der Waals surface area contributed by atoms with E-state index in [9.17, 15) is 9.18 Å². The van der Waals surface area contributed by atoms with Crippen LogP contribution >= 0.6 is 0 Å². The van der Waals surface area contributed by atoms with Gasteiger partial charge < -0.3 is 4.74 Å². The molecule has 0 aromatic heterocycles. The lowest BCUT2D eigenvalue weighted by Crippen LogP contribution is -2.08. The molecule has 0 aliphatic carbocycles. The monoisotopic (exact) mass is 221 g/mol. The van der Waals surface area contributed by atoms with E-state index in [0.29, 0.717) is 17.0 Å². The average molecular weight is 221 g/mol. The molecule has 4 nitrogen and oxygen atoms in total. The molecule has 1 aliphatic rings. The number of hydrogen-bond acceptors (Lipinski definition) is 3. The van der Waals surface area contributed by atoms with Crippen LogP contribution in [0, 0.1) is 5.82 Å². The van der Waals surface area contributed by atoms with Gasteiger partial charge in [0.25, 0.3) is 0 Å². The van der Waals surface area contributed by atoms with Crippen LogP contribution < -0.4 is 0 Å². The van der Waals surface area contributed by atoms with Crippen LogP contribution in [0.3, 0.4) is 0 Å². The Hall–Kier alpha value is -2.04. The van der Waals surface area contributed by atoms with Gasteiger partial charge in [-0.15, -0.1) is 0 Å². The number of hydrogen-bond donors (Lipinski definition) is 0. The van der Waals surface area contributed by atoms with Gasteiger partial charge in [0.15, 0.2) is 6.72 Å².